The third-order valence-electron chi connectivity index (χ3n) is 2.54. The highest BCUT2D eigenvalue weighted by Gasteiger charge is 2.14. The number of rotatable bonds is 4. The van der Waals surface area contributed by atoms with Crippen LogP contribution >= 0.6 is 22.9 Å². The van der Waals surface area contributed by atoms with E-state index in [9.17, 15) is 4.79 Å². The lowest BCUT2D eigenvalue weighted by atomic mass is 10.1. The van der Waals surface area contributed by atoms with Gasteiger partial charge < -0.3 is 9.47 Å². The number of hydrogen-bond acceptors (Lipinski definition) is 4. The number of halogens is 1. The summed E-state index contributed by atoms with van der Waals surface area (Å²) in [7, 11) is 1.59. The number of methoxy groups -OCH3 is 1. The molecule has 0 amide bonds. The van der Waals surface area contributed by atoms with Crippen molar-refractivity contribution in [3.63, 3.8) is 0 Å². The fourth-order valence-corrected chi connectivity index (χ4v) is 3.11. The topological polar surface area (TPSA) is 35.5 Å². The molecule has 2 aromatic rings. The maximum absolute atomic E-state index is 11.5. The Labute approximate surface area is 114 Å². The van der Waals surface area contributed by atoms with Gasteiger partial charge in [-0.25, -0.2) is 0 Å². The van der Waals surface area contributed by atoms with E-state index in [2.05, 4.69) is 0 Å². The Kier molecular flexibility index (Phi) is 4.09. The fraction of sp³-hybridized carbons (Fsp3) is 0.308. The second-order valence-electron chi connectivity index (χ2n) is 3.72. The Morgan fingerprint density at radius 1 is 1.44 bits per heavy atom. The van der Waals surface area contributed by atoms with Crippen LogP contribution in [0, 0.1) is 0 Å². The van der Waals surface area contributed by atoms with Crippen molar-refractivity contribution in [3.05, 3.63) is 28.1 Å². The number of ether oxygens (including phenoxy) is 2. The highest BCUT2D eigenvalue weighted by molar-refractivity contribution is 7.17. The van der Waals surface area contributed by atoms with E-state index in [-0.39, 0.29) is 12.4 Å². The molecule has 5 heteroatoms. The summed E-state index contributed by atoms with van der Waals surface area (Å²) in [6, 6.07) is 3.63. The second kappa shape index (κ2) is 5.59. The first-order valence-corrected chi connectivity index (χ1v) is 6.80. The van der Waals surface area contributed by atoms with Crippen LogP contribution in [-0.4, -0.2) is 19.7 Å². The Bertz CT molecular complexity index is 577. The average Bonchev–Trinajstić information content (AvgIpc) is 2.71. The molecule has 1 heterocycles. The molecule has 0 radical (unpaired) electrons. The molecule has 0 saturated heterocycles. The first-order valence-electron chi connectivity index (χ1n) is 5.55. The van der Waals surface area contributed by atoms with Gasteiger partial charge in [0, 0.05) is 15.1 Å². The van der Waals surface area contributed by atoms with E-state index in [1.807, 2.05) is 11.4 Å². The minimum atomic E-state index is -0.228. The fourth-order valence-electron chi connectivity index (χ4n) is 1.82. The summed E-state index contributed by atoms with van der Waals surface area (Å²) >= 11 is 7.55. The normalized spacial score (nSPS) is 10.6. The highest BCUT2D eigenvalue weighted by Crippen LogP contribution is 2.36. The molecule has 0 spiro atoms. The zero-order valence-corrected chi connectivity index (χ0v) is 11.7. The van der Waals surface area contributed by atoms with Gasteiger partial charge in [-0.2, -0.15) is 0 Å². The van der Waals surface area contributed by atoms with Crippen LogP contribution in [0.4, 0.5) is 0 Å². The number of esters is 1. The molecule has 0 atom stereocenters. The van der Waals surface area contributed by atoms with E-state index in [0.29, 0.717) is 17.4 Å². The van der Waals surface area contributed by atoms with Crippen molar-refractivity contribution >= 4 is 39.0 Å². The van der Waals surface area contributed by atoms with Crippen molar-refractivity contribution in [2.24, 2.45) is 0 Å². The smallest absolute Gasteiger partial charge is 0.310 e. The second-order valence-corrected chi connectivity index (χ2v) is 5.07. The summed E-state index contributed by atoms with van der Waals surface area (Å²) < 4.78 is 11.3. The molecule has 0 N–H and O–H groups in total. The van der Waals surface area contributed by atoms with Gasteiger partial charge in [0.15, 0.2) is 0 Å². The van der Waals surface area contributed by atoms with Crippen molar-refractivity contribution in [2.75, 3.05) is 13.7 Å². The van der Waals surface area contributed by atoms with Crippen molar-refractivity contribution in [1.82, 2.24) is 0 Å². The van der Waals surface area contributed by atoms with Gasteiger partial charge in [-0.05, 0) is 30.0 Å². The van der Waals surface area contributed by atoms with Gasteiger partial charge in [0.1, 0.15) is 5.75 Å². The van der Waals surface area contributed by atoms with Crippen LogP contribution in [0.25, 0.3) is 10.1 Å². The molecule has 0 aliphatic rings. The molecule has 0 unspecified atom stereocenters. The summed E-state index contributed by atoms with van der Waals surface area (Å²) in [5.41, 5.74) is 0.918. The summed E-state index contributed by atoms with van der Waals surface area (Å²) in [5.74, 6) is 0.465. The van der Waals surface area contributed by atoms with Crippen LogP contribution in [0.15, 0.2) is 17.5 Å². The summed E-state index contributed by atoms with van der Waals surface area (Å²) in [4.78, 5) is 11.5. The van der Waals surface area contributed by atoms with Crippen LogP contribution in [0.3, 0.4) is 0 Å². The van der Waals surface area contributed by atoms with Crippen molar-refractivity contribution in [3.8, 4) is 5.75 Å². The van der Waals surface area contributed by atoms with Gasteiger partial charge >= 0.3 is 5.97 Å². The van der Waals surface area contributed by atoms with Crippen molar-refractivity contribution in [1.29, 1.82) is 0 Å². The van der Waals surface area contributed by atoms with Crippen LogP contribution in [0.2, 0.25) is 5.02 Å². The van der Waals surface area contributed by atoms with Crippen molar-refractivity contribution < 1.29 is 14.3 Å². The van der Waals surface area contributed by atoms with E-state index in [4.69, 9.17) is 21.1 Å². The Balaban J connectivity index is 2.43. The lowest BCUT2D eigenvalue weighted by Gasteiger charge is -2.06. The molecule has 0 aliphatic heterocycles. The molecule has 96 valence electrons. The summed E-state index contributed by atoms with van der Waals surface area (Å²) in [6.07, 6.45) is 0.256. The molecule has 1 aromatic carbocycles. The van der Waals surface area contributed by atoms with Gasteiger partial charge in [-0.15, -0.1) is 11.3 Å². The first kappa shape index (κ1) is 13.2. The van der Waals surface area contributed by atoms with Gasteiger partial charge in [-0.3, -0.25) is 4.79 Å². The van der Waals surface area contributed by atoms with E-state index in [0.717, 1.165) is 15.6 Å². The lowest BCUT2D eigenvalue weighted by molar-refractivity contribution is -0.142. The Morgan fingerprint density at radius 2 is 2.22 bits per heavy atom. The zero-order chi connectivity index (χ0) is 13.1. The Morgan fingerprint density at radius 3 is 2.89 bits per heavy atom. The monoisotopic (exact) mass is 284 g/mol. The summed E-state index contributed by atoms with van der Waals surface area (Å²) in [5, 5.41) is 3.52. The number of carbonyl (C=O) groups excluding carboxylic acids is 1. The summed E-state index contributed by atoms with van der Waals surface area (Å²) in [6.45, 7) is 2.19. The highest BCUT2D eigenvalue weighted by atomic mass is 35.5. The number of fused-ring (bicyclic) bond motifs is 1. The van der Waals surface area contributed by atoms with Gasteiger partial charge in [-0.1, -0.05) is 11.6 Å². The molecule has 3 nitrogen and oxygen atoms in total. The van der Waals surface area contributed by atoms with E-state index in [1.165, 1.54) is 0 Å². The third kappa shape index (κ3) is 2.60. The van der Waals surface area contributed by atoms with Crippen molar-refractivity contribution in [2.45, 2.75) is 13.3 Å². The SMILES string of the molecule is CCOC(=O)Cc1csc2cc(Cl)cc(OC)c12. The quantitative estimate of drug-likeness (QED) is 0.804. The van der Waals surface area contributed by atoms with Crippen LogP contribution in [0.1, 0.15) is 12.5 Å². The Hall–Kier alpha value is -1.26. The molecule has 18 heavy (non-hydrogen) atoms. The van der Waals surface area contributed by atoms with Crippen LogP contribution < -0.4 is 4.74 Å². The molecule has 2 rings (SSSR count). The number of hydrogen-bond donors (Lipinski definition) is 0. The number of benzene rings is 1. The number of carbonyl (C=O) groups is 1. The maximum atomic E-state index is 11.5. The molecular weight excluding hydrogens is 272 g/mol. The largest absolute Gasteiger partial charge is 0.496 e. The molecule has 0 saturated carbocycles. The minimum Gasteiger partial charge on any atom is -0.496 e. The standard InChI is InChI=1S/C13H13ClO3S/c1-3-17-12(15)4-8-7-18-11-6-9(14)5-10(16-2)13(8)11/h5-7H,3-4H2,1-2H3. The zero-order valence-electron chi connectivity index (χ0n) is 10.2. The predicted octanol–water partition coefficient (Wildman–Crippen LogP) is 3.67. The lowest BCUT2D eigenvalue weighted by Crippen LogP contribution is -2.07. The minimum absolute atomic E-state index is 0.228. The molecule has 0 bridgehead atoms. The van der Waals surface area contributed by atoms with Gasteiger partial charge in [0.05, 0.1) is 20.1 Å². The molecule has 0 aliphatic carbocycles. The third-order valence-corrected chi connectivity index (χ3v) is 3.74. The molecule has 1 aromatic heterocycles. The molecule has 0 fully saturated rings. The average molecular weight is 285 g/mol. The van der Waals surface area contributed by atoms with E-state index >= 15 is 0 Å². The van der Waals surface area contributed by atoms with Crippen LogP contribution in [0.5, 0.6) is 5.75 Å². The van der Waals surface area contributed by atoms with Gasteiger partial charge in [0.25, 0.3) is 0 Å². The van der Waals surface area contributed by atoms with Gasteiger partial charge in [0.2, 0.25) is 0 Å². The van der Waals surface area contributed by atoms with Crippen LogP contribution in [-0.2, 0) is 16.0 Å². The van der Waals surface area contributed by atoms with E-state index in [1.54, 1.807) is 31.4 Å². The van der Waals surface area contributed by atoms with E-state index < -0.39 is 0 Å². The number of thiophene rings is 1. The molecular formula is C13H13ClO3S. The maximum Gasteiger partial charge on any atom is 0.310 e. The predicted molar refractivity (Wildman–Crippen MR) is 73.7 cm³/mol. The first-order chi connectivity index (χ1) is 8.65.